The molecular weight excluding hydrogens is 184 g/mol. The van der Waals surface area contributed by atoms with Crippen molar-refractivity contribution in [3.05, 3.63) is 48.6 Å². The molecule has 1 atom stereocenters. The third-order valence-electron chi connectivity index (χ3n) is 2.01. The van der Waals surface area contributed by atoms with Crippen molar-refractivity contribution < 1.29 is 5.11 Å². The van der Waals surface area contributed by atoms with Crippen molar-refractivity contribution in [3.63, 3.8) is 0 Å². The van der Waals surface area contributed by atoms with Crippen molar-refractivity contribution >= 4 is 11.6 Å². The molecule has 1 rings (SSSR count). The highest BCUT2D eigenvalue weighted by Crippen LogP contribution is 2.26. The fourth-order valence-corrected chi connectivity index (χ4v) is 1.50. The quantitative estimate of drug-likeness (QED) is 0.580. The second-order valence-electron chi connectivity index (χ2n) is 3.02. The SMILES string of the molecule is C=CCC(O)(CCl)c1ccccc1. The molecule has 13 heavy (non-hydrogen) atoms. The lowest BCUT2D eigenvalue weighted by Crippen LogP contribution is -2.26. The average Bonchev–Trinajstić information content (AvgIpc) is 2.19. The summed E-state index contributed by atoms with van der Waals surface area (Å²) >= 11 is 5.72. The van der Waals surface area contributed by atoms with Crippen LogP contribution in [0.1, 0.15) is 12.0 Å². The van der Waals surface area contributed by atoms with Crippen molar-refractivity contribution in [2.75, 3.05) is 5.88 Å². The van der Waals surface area contributed by atoms with Crippen LogP contribution < -0.4 is 0 Å². The normalized spacial score (nSPS) is 14.9. The van der Waals surface area contributed by atoms with E-state index in [1.807, 2.05) is 30.3 Å². The van der Waals surface area contributed by atoms with E-state index in [-0.39, 0.29) is 5.88 Å². The van der Waals surface area contributed by atoms with E-state index < -0.39 is 5.60 Å². The van der Waals surface area contributed by atoms with Gasteiger partial charge in [-0.15, -0.1) is 18.2 Å². The van der Waals surface area contributed by atoms with Crippen LogP contribution >= 0.6 is 11.6 Å². The molecule has 0 saturated carbocycles. The molecule has 1 N–H and O–H groups in total. The highest BCUT2D eigenvalue weighted by molar-refractivity contribution is 6.18. The third-order valence-corrected chi connectivity index (χ3v) is 2.46. The summed E-state index contributed by atoms with van der Waals surface area (Å²) in [5.41, 5.74) is -0.130. The van der Waals surface area contributed by atoms with Gasteiger partial charge in [0.1, 0.15) is 5.60 Å². The van der Waals surface area contributed by atoms with Gasteiger partial charge in [0, 0.05) is 0 Å². The molecule has 0 aromatic heterocycles. The zero-order valence-electron chi connectivity index (χ0n) is 7.41. The minimum absolute atomic E-state index is 0.184. The van der Waals surface area contributed by atoms with Crippen LogP contribution in [-0.4, -0.2) is 11.0 Å². The Balaban J connectivity index is 2.95. The lowest BCUT2D eigenvalue weighted by Gasteiger charge is -2.24. The number of hydrogen-bond donors (Lipinski definition) is 1. The molecule has 1 aromatic rings. The first kappa shape index (κ1) is 10.3. The predicted molar refractivity (Wildman–Crippen MR) is 55.9 cm³/mol. The standard InChI is InChI=1S/C11H13ClO/c1-2-8-11(13,9-12)10-6-4-3-5-7-10/h2-7,13H,1,8-9H2. The highest BCUT2D eigenvalue weighted by atomic mass is 35.5. The molecule has 1 nitrogen and oxygen atoms in total. The van der Waals surface area contributed by atoms with Crippen LogP contribution in [0.15, 0.2) is 43.0 Å². The van der Waals surface area contributed by atoms with E-state index >= 15 is 0 Å². The summed E-state index contributed by atoms with van der Waals surface area (Å²) in [6, 6.07) is 9.41. The molecule has 0 aliphatic carbocycles. The number of halogens is 1. The maximum atomic E-state index is 10.1. The molecule has 0 heterocycles. The van der Waals surface area contributed by atoms with E-state index in [9.17, 15) is 5.11 Å². The van der Waals surface area contributed by atoms with Gasteiger partial charge in [-0.05, 0) is 12.0 Å². The Labute approximate surface area is 83.7 Å². The zero-order valence-corrected chi connectivity index (χ0v) is 8.17. The van der Waals surface area contributed by atoms with E-state index in [4.69, 9.17) is 11.6 Å². The highest BCUT2D eigenvalue weighted by Gasteiger charge is 2.25. The summed E-state index contributed by atoms with van der Waals surface area (Å²) in [5, 5.41) is 10.1. The minimum Gasteiger partial charge on any atom is -0.384 e. The first-order valence-electron chi connectivity index (χ1n) is 4.18. The van der Waals surface area contributed by atoms with Crippen molar-refractivity contribution in [1.29, 1.82) is 0 Å². The van der Waals surface area contributed by atoms with Gasteiger partial charge in [0.05, 0.1) is 5.88 Å². The van der Waals surface area contributed by atoms with E-state index in [2.05, 4.69) is 6.58 Å². The molecule has 1 aromatic carbocycles. The van der Waals surface area contributed by atoms with Crippen molar-refractivity contribution in [2.45, 2.75) is 12.0 Å². The predicted octanol–water partition coefficient (Wildman–Crippen LogP) is 2.69. The molecule has 70 valence electrons. The molecule has 0 aliphatic rings. The summed E-state index contributed by atoms with van der Waals surface area (Å²) in [4.78, 5) is 0. The lowest BCUT2D eigenvalue weighted by molar-refractivity contribution is 0.0645. The molecule has 0 fully saturated rings. The maximum Gasteiger partial charge on any atom is 0.106 e. The fraction of sp³-hybridized carbons (Fsp3) is 0.273. The minimum atomic E-state index is -0.968. The van der Waals surface area contributed by atoms with Gasteiger partial charge in [0.2, 0.25) is 0 Å². The van der Waals surface area contributed by atoms with Crippen molar-refractivity contribution in [1.82, 2.24) is 0 Å². The van der Waals surface area contributed by atoms with Gasteiger partial charge in [-0.1, -0.05) is 36.4 Å². The molecule has 0 saturated heterocycles. The molecule has 0 amide bonds. The van der Waals surface area contributed by atoms with Crippen molar-refractivity contribution in [3.8, 4) is 0 Å². The van der Waals surface area contributed by atoms with Crippen LogP contribution in [0.4, 0.5) is 0 Å². The molecule has 2 heteroatoms. The molecule has 0 radical (unpaired) electrons. The molecule has 0 aliphatic heterocycles. The van der Waals surface area contributed by atoms with Crippen LogP contribution in [0.5, 0.6) is 0 Å². The first-order chi connectivity index (χ1) is 6.23. The Morgan fingerprint density at radius 3 is 2.46 bits per heavy atom. The van der Waals surface area contributed by atoms with E-state index in [1.54, 1.807) is 6.08 Å². The summed E-state index contributed by atoms with van der Waals surface area (Å²) in [6.45, 7) is 3.60. The summed E-state index contributed by atoms with van der Waals surface area (Å²) in [6.07, 6.45) is 2.15. The van der Waals surface area contributed by atoms with E-state index in [0.29, 0.717) is 6.42 Å². The number of rotatable bonds is 4. The van der Waals surface area contributed by atoms with Crippen molar-refractivity contribution in [2.24, 2.45) is 0 Å². The molecule has 1 unspecified atom stereocenters. The Bertz CT molecular complexity index is 271. The fourth-order valence-electron chi connectivity index (χ4n) is 1.24. The number of alkyl halides is 1. The van der Waals surface area contributed by atoms with E-state index in [0.717, 1.165) is 5.56 Å². The van der Waals surface area contributed by atoms with Gasteiger partial charge in [-0.2, -0.15) is 0 Å². The Morgan fingerprint density at radius 2 is 2.00 bits per heavy atom. The lowest BCUT2D eigenvalue weighted by atomic mass is 9.92. The third kappa shape index (κ3) is 2.33. The van der Waals surface area contributed by atoms with Crippen LogP contribution in [0.25, 0.3) is 0 Å². The Kier molecular flexibility index (Phi) is 3.52. The number of aliphatic hydroxyl groups is 1. The summed E-state index contributed by atoms with van der Waals surface area (Å²) < 4.78 is 0. The van der Waals surface area contributed by atoms with Gasteiger partial charge in [0.25, 0.3) is 0 Å². The van der Waals surface area contributed by atoms with Gasteiger partial charge in [-0.3, -0.25) is 0 Å². The van der Waals surface area contributed by atoms with Crippen LogP contribution in [0, 0.1) is 0 Å². The van der Waals surface area contributed by atoms with Gasteiger partial charge in [0.15, 0.2) is 0 Å². The summed E-state index contributed by atoms with van der Waals surface area (Å²) in [7, 11) is 0. The zero-order chi connectivity index (χ0) is 9.73. The Hall–Kier alpha value is -0.790. The number of benzene rings is 1. The molecular formula is C11H13ClO. The second kappa shape index (κ2) is 4.45. The summed E-state index contributed by atoms with van der Waals surface area (Å²) in [5.74, 6) is 0.184. The van der Waals surface area contributed by atoms with Gasteiger partial charge in [-0.25, -0.2) is 0 Å². The Morgan fingerprint density at radius 1 is 1.38 bits per heavy atom. The van der Waals surface area contributed by atoms with Crippen LogP contribution in [0.3, 0.4) is 0 Å². The smallest absolute Gasteiger partial charge is 0.106 e. The monoisotopic (exact) mass is 196 g/mol. The second-order valence-corrected chi connectivity index (χ2v) is 3.29. The number of hydrogen-bond acceptors (Lipinski definition) is 1. The largest absolute Gasteiger partial charge is 0.384 e. The maximum absolute atomic E-state index is 10.1. The van der Waals surface area contributed by atoms with Crippen LogP contribution in [-0.2, 0) is 5.60 Å². The van der Waals surface area contributed by atoms with E-state index in [1.165, 1.54) is 0 Å². The molecule has 0 spiro atoms. The first-order valence-corrected chi connectivity index (χ1v) is 4.71. The van der Waals surface area contributed by atoms with Gasteiger partial charge < -0.3 is 5.11 Å². The van der Waals surface area contributed by atoms with Gasteiger partial charge >= 0.3 is 0 Å². The topological polar surface area (TPSA) is 20.2 Å². The average molecular weight is 197 g/mol. The van der Waals surface area contributed by atoms with Crippen LogP contribution in [0.2, 0.25) is 0 Å². The molecule has 0 bridgehead atoms.